The fourth-order valence-electron chi connectivity index (χ4n) is 2.81. The zero-order chi connectivity index (χ0) is 20.2. The second-order valence-corrected chi connectivity index (χ2v) is 6.62. The smallest absolute Gasteiger partial charge is 0.191 e. The summed E-state index contributed by atoms with van der Waals surface area (Å²) in [7, 11) is 7.60. The van der Waals surface area contributed by atoms with E-state index < -0.39 is 0 Å². The van der Waals surface area contributed by atoms with Gasteiger partial charge in [0.1, 0.15) is 18.1 Å². The molecule has 162 valence electrons. The predicted octanol–water partition coefficient (Wildman–Crippen LogP) is 3.28. The van der Waals surface area contributed by atoms with E-state index in [1.54, 1.807) is 20.4 Å². The fourth-order valence-corrected chi connectivity index (χ4v) is 2.81. The lowest BCUT2D eigenvalue weighted by Crippen LogP contribution is -2.42. The van der Waals surface area contributed by atoms with Crippen LogP contribution in [0.3, 0.4) is 0 Å². The quantitative estimate of drug-likeness (QED) is 0.207. The number of benzene rings is 1. The molecule has 7 nitrogen and oxygen atoms in total. The molecule has 0 aliphatic carbocycles. The Kier molecular flexibility index (Phi) is 12.4. The van der Waals surface area contributed by atoms with Crippen LogP contribution in [0.4, 0.5) is 0 Å². The molecule has 2 aromatic rings. The Balaban J connectivity index is 0.00000420. The molecule has 0 saturated heterocycles. The number of likely N-dealkylation sites (N-methyl/N-ethyl adjacent to an activating group) is 1. The minimum Gasteiger partial charge on any atom is -0.497 e. The van der Waals surface area contributed by atoms with Gasteiger partial charge in [0.2, 0.25) is 0 Å². The molecule has 29 heavy (non-hydrogen) atoms. The van der Waals surface area contributed by atoms with Crippen LogP contribution in [0.5, 0.6) is 5.75 Å². The predicted molar refractivity (Wildman–Crippen MR) is 127 cm³/mol. The van der Waals surface area contributed by atoms with Gasteiger partial charge in [0, 0.05) is 26.7 Å². The highest BCUT2D eigenvalue weighted by molar-refractivity contribution is 14.0. The highest BCUT2D eigenvalue weighted by atomic mass is 127. The van der Waals surface area contributed by atoms with Crippen LogP contribution in [0.1, 0.15) is 23.8 Å². The van der Waals surface area contributed by atoms with Gasteiger partial charge in [-0.05, 0) is 50.3 Å². The Morgan fingerprint density at radius 3 is 2.69 bits per heavy atom. The number of nitrogens with zero attached hydrogens (tertiary/aromatic N) is 2. The number of aliphatic imine (C=N–C) groups is 1. The van der Waals surface area contributed by atoms with Crippen LogP contribution >= 0.6 is 24.0 Å². The van der Waals surface area contributed by atoms with Crippen LogP contribution in [0.15, 0.2) is 52.1 Å². The minimum atomic E-state index is 0. The molecule has 1 aromatic carbocycles. The molecule has 1 atom stereocenters. The Hall–Kier alpha value is -1.78. The Morgan fingerprint density at radius 2 is 2.03 bits per heavy atom. The van der Waals surface area contributed by atoms with Crippen LogP contribution < -0.4 is 15.4 Å². The van der Waals surface area contributed by atoms with E-state index in [4.69, 9.17) is 13.9 Å². The summed E-state index contributed by atoms with van der Waals surface area (Å²) in [4.78, 5) is 6.48. The van der Waals surface area contributed by atoms with E-state index in [1.807, 2.05) is 24.3 Å². The molecule has 0 aliphatic rings. The lowest BCUT2D eigenvalue weighted by atomic mass is 10.1. The van der Waals surface area contributed by atoms with Gasteiger partial charge in [0.05, 0.1) is 19.4 Å². The Morgan fingerprint density at radius 1 is 1.21 bits per heavy atom. The lowest BCUT2D eigenvalue weighted by molar-refractivity contribution is 0.105. The number of guanidine groups is 1. The normalized spacial score (nSPS) is 12.4. The second kappa shape index (κ2) is 14.2. The van der Waals surface area contributed by atoms with Crippen LogP contribution in [0, 0.1) is 0 Å². The molecule has 1 heterocycles. The standard InChI is InChI=1S/C21H32N4O3.HI/c1-22-21(23-11-7-12-27-16-19-10-6-13-28-19)24-15-20(25(2)3)17-8-5-9-18(14-17)26-4;/h5-6,8-10,13-14,20H,7,11-12,15-16H2,1-4H3,(H2,22,23,24);1H. The topological polar surface area (TPSA) is 71.3 Å². The molecule has 0 bridgehead atoms. The minimum absolute atomic E-state index is 0. The molecule has 0 saturated carbocycles. The van der Waals surface area contributed by atoms with Gasteiger partial charge in [-0.2, -0.15) is 0 Å². The molecule has 1 unspecified atom stereocenters. The second-order valence-electron chi connectivity index (χ2n) is 6.62. The average Bonchev–Trinajstić information content (AvgIpc) is 3.22. The first-order valence-electron chi connectivity index (χ1n) is 9.49. The van der Waals surface area contributed by atoms with Crippen molar-refractivity contribution in [2.45, 2.75) is 19.1 Å². The van der Waals surface area contributed by atoms with Crippen LogP contribution in [0.25, 0.3) is 0 Å². The summed E-state index contributed by atoms with van der Waals surface area (Å²) in [6.07, 6.45) is 2.54. The van der Waals surface area contributed by atoms with Gasteiger partial charge < -0.3 is 29.4 Å². The maximum Gasteiger partial charge on any atom is 0.191 e. The van der Waals surface area contributed by atoms with E-state index in [9.17, 15) is 0 Å². The number of rotatable bonds is 11. The number of hydrogen-bond acceptors (Lipinski definition) is 5. The zero-order valence-electron chi connectivity index (χ0n) is 17.7. The summed E-state index contributed by atoms with van der Waals surface area (Å²) >= 11 is 0. The SMILES string of the molecule is CN=C(NCCCOCc1ccco1)NCC(c1cccc(OC)c1)N(C)C.I. The third kappa shape index (κ3) is 9.05. The van der Waals surface area contributed by atoms with Crippen LogP contribution in [-0.4, -0.2) is 58.8 Å². The molecule has 2 rings (SSSR count). The van der Waals surface area contributed by atoms with E-state index in [-0.39, 0.29) is 30.0 Å². The molecule has 1 aromatic heterocycles. The van der Waals surface area contributed by atoms with Gasteiger partial charge in [-0.1, -0.05) is 12.1 Å². The average molecular weight is 516 g/mol. The first-order valence-corrected chi connectivity index (χ1v) is 9.49. The summed E-state index contributed by atoms with van der Waals surface area (Å²) in [5, 5.41) is 6.72. The highest BCUT2D eigenvalue weighted by Gasteiger charge is 2.15. The molecule has 0 aliphatic heterocycles. The van der Waals surface area contributed by atoms with Crippen LogP contribution in [-0.2, 0) is 11.3 Å². The van der Waals surface area contributed by atoms with Gasteiger partial charge in [-0.15, -0.1) is 24.0 Å². The summed E-state index contributed by atoms with van der Waals surface area (Å²) in [6, 6.07) is 12.1. The maximum atomic E-state index is 5.59. The van der Waals surface area contributed by atoms with Crippen molar-refractivity contribution in [3.05, 3.63) is 54.0 Å². The molecule has 0 fully saturated rings. The summed E-state index contributed by atoms with van der Waals surface area (Å²) < 4.78 is 16.2. The van der Waals surface area contributed by atoms with Crippen molar-refractivity contribution in [3.8, 4) is 5.75 Å². The first kappa shape index (κ1) is 25.3. The molecule has 2 N–H and O–H groups in total. The van der Waals surface area contributed by atoms with Crippen LogP contribution in [0.2, 0.25) is 0 Å². The van der Waals surface area contributed by atoms with E-state index in [0.29, 0.717) is 13.2 Å². The number of nitrogens with one attached hydrogen (secondary N) is 2. The van der Waals surface area contributed by atoms with Crippen molar-refractivity contribution < 1.29 is 13.9 Å². The molecule has 0 spiro atoms. The number of methoxy groups -OCH3 is 1. The molecule has 0 amide bonds. The largest absolute Gasteiger partial charge is 0.497 e. The fraction of sp³-hybridized carbons (Fsp3) is 0.476. The van der Waals surface area contributed by atoms with E-state index in [2.05, 4.69) is 46.8 Å². The molecular weight excluding hydrogens is 483 g/mol. The van der Waals surface area contributed by atoms with Gasteiger partial charge in [0.15, 0.2) is 5.96 Å². The van der Waals surface area contributed by atoms with Gasteiger partial charge in [-0.3, -0.25) is 4.99 Å². The number of ether oxygens (including phenoxy) is 2. The summed E-state index contributed by atoms with van der Waals surface area (Å²) in [6.45, 7) is 2.68. The summed E-state index contributed by atoms with van der Waals surface area (Å²) in [5.41, 5.74) is 1.19. The maximum absolute atomic E-state index is 5.59. The van der Waals surface area contributed by atoms with Gasteiger partial charge in [0.25, 0.3) is 0 Å². The number of furan rings is 1. The summed E-state index contributed by atoms with van der Waals surface area (Å²) in [5.74, 6) is 2.49. The lowest BCUT2D eigenvalue weighted by Gasteiger charge is -2.26. The van der Waals surface area contributed by atoms with Crippen molar-refractivity contribution in [2.24, 2.45) is 4.99 Å². The van der Waals surface area contributed by atoms with Crippen molar-refractivity contribution in [1.29, 1.82) is 0 Å². The van der Waals surface area contributed by atoms with Crippen molar-refractivity contribution >= 4 is 29.9 Å². The van der Waals surface area contributed by atoms with E-state index in [1.165, 1.54) is 5.56 Å². The molecule has 0 radical (unpaired) electrons. The monoisotopic (exact) mass is 516 g/mol. The third-order valence-electron chi connectivity index (χ3n) is 4.37. The first-order chi connectivity index (χ1) is 13.6. The van der Waals surface area contributed by atoms with Gasteiger partial charge >= 0.3 is 0 Å². The Bertz CT molecular complexity index is 708. The number of halogens is 1. The third-order valence-corrected chi connectivity index (χ3v) is 4.37. The van der Waals surface area contributed by atoms with Gasteiger partial charge in [-0.25, -0.2) is 0 Å². The van der Waals surface area contributed by atoms with Crippen molar-refractivity contribution in [2.75, 3.05) is 47.9 Å². The van der Waals surface area contributed by atoms with Crippen molar-refractivity contribution in [3.63, 3.8) is 0 Å². The molecule has 8 heteroatoms. The van der Waals surface area contributed by atoms with E-state index in [0.717, 1.165) is 37.0 Å². The number of hydrogen-bond donors (Lipinski definition) is 2. The highest BCUT2D eigenvalue weighted by Crippen LogP contribution is 2.22. The molecular formula is C21H33IN4O3. The Labute approximate surface area is 190 Å². The zero-order valence-corrected chi connectivity index (χ0v) is 20.0. The van der Waals surface area contributed by atoms with E-state index >= 15 is 0 Å². The van der Waals surface area contributed by atoms with Crippen molar-refractivity contribution in [1.82, 2.24) is 15.5 Å².